The van der Waals surface area contributed by atoms with Crippen molar-refractivity contribution in [1.29, 1.82) is 0 Å². The van der Waals surface area contributed by atoms with Crippen molar-refractivity contribution in [2.75, 3.05) is 13.1 Å². The number of alkyl halides is 2. The molecule has 0 bridgehead atoms. The van der Waals surface area contributed by atoms with Gasteiger partial charge in [0.25, 0.3) is 6.43 Å². The summed E-state index contributed by atoms with van der Waals surface area (Å²) in [5, 5.41) is 0. The highest BCUT2D eigenvalue weighted by molar-refractivity contribution is 5.33. The molecule has 0 aromatic carbocycles. The molecule has 19 heavy (non-hydrogen) atoms. The van der Waals surface area contributed by atoms with E-state index in [-0.39, 0.29) is 12.6 Å². The van der Waals surface area contributed by atoms with E-state index in [4.69, 9.17) is 4.74 Å². The molecule has 0 saturated heterocycles. The Labute approximate surface area is 111 Å². The molecule has 1 aromatic rings. The first kappa shape index (κ1) is 14.1. The molecule has 1 aliphatic rings. The van der Waals surface area contributed by atoms with E-state index in [1.54, 1.807) is 4.90 Å². The number of halogens is 2. The number of hydrogen-bond acceptors (Lipinski definition) is 4. The van der Waals surface area contributed by atoms with E-state index in [0.29, 0.717) is 31.2 Å². The lowest BCUT2D eigenvalue weighted by Crippen LogP contribution is -2.35. The van der Waals surface area contributed by atoms with Crippen LogP contribution in [0.5, 0.6) is 5.88 Å². The lowest BCUT2D eigenvalue weighted by atomic mass is 10.1. The van der Waals surface area contributed by atoms with Crippen molar-refractivity contribution in [1.82, 2.24) is 14.9 Å². The summed E-state index contributed by atoms with van der Waals surface area (Å²) in [6.07, 6.45) is -1.65. The third kappa shape index (κ3) is 3.59. The third-order valence-corrected chi connectivity index (χ3v) is 2.96. The number of hydrogen-bond donors (Lipinski definition) is 0. The second-order valence-corrected chi connectivity index (χ2v) is 5.04. The average Bonchev–Trinajstić information content (AvgIpc) is 2.28. The molecule has 0 saturated carbocycles. The fourth-order valence-corrected chi connectivity index (χ4v) is 2.23. The Morgan fingerprint density at radius 2 is 2.05 bits per heavy atom. The first-order valence-electron chi connectivity index (χ1n) is 6.49. The molecular weight excluding hydrogens is 252 g/mol. The highest BCUT2D eigenvalue weighted by Crippen LogP contribution is 2.26. The predicted octanol–water partition coefficient (Wildman–Crippen LogP) is 2.20. The Kier molecular flexibility index (Phi) is 4.29. The molecule has 0 unspecified atom stereocenters. The van der Waals surface area contributed by atoms with Gasteiger partial charge in [-0.2, -0.15) is 4.98 Å². The minimum absolute atomic E-state index is 0.00359. The third-order valence-electron chi connectivity index (χ3n) is 2.96. The molecule has 2 heterocycles. The van der Waals surface area contributed by atoms with E-state index in [9.17, 15) is 8.78 Å². The van der Waals surface area contributed by atoms with Gasteiger partial charge in [-0.1, -0.05) is 0 Å². The fourth-order valence-electron chi connectivity index (χ4n) is 2.23. The first-order valence-corrected chi connectivity index (χ1v) is 6.49. The van der Waals surface area contributed by atoms with Gasteiger partial charge >= 0.3 is 0 Å². The molecule has 2 rings (SSSR count). The number of aromatic nitrogens is 2. The maximum absolute atomic E-state index is 12.5. The normalized spacial score (nSPS) is 15.9. The largest absolute Gasteiger partial charge is 0.475 e. The zero-order valence-corrected chi connectivity index (χ0v) is 11.5. The summed E-state index contributed by atoms with van der Waals surface area (Å²) < 4.78 is 30.6. The van der Waals surface area contributed by atoms with Crippen molar-refractivity contribution in [3.05, 3.63) is 17.1 Å². The maximum Gasteiger partial charge on any atom is 0.251 e. The summed E-state index contributed by atoms with van der Waals surface area (Å²) in [7, 11) is 0. The molecule has 106 valence electrons. The highest BCUT2D eigenvalue weighted by Gasteiger charge is 2.24. The van der Waals surface area contributed by atoms with E-state index >= 15 is 0 Å². The second kappa shape index (κ2) is 5.77. The topological polar surface area (TPSA) is 38.3 Å². The van der Waals surface area contributed by atoms with Gasteiger partial charge in [0.1, 0.15) is 5.82 Å². The fraction of sp³-hybridized carbons (Fsp3) is 0.692. The molecule has 1 aliphatic heterocycles. The zero-order valence-electron chi connectivity index (χ0n) is 11.5. The van der Waals surface area contributed by atoms with Crippen molar-refractivity contribution in [3.8, 4) is 5.88 Å². The Morgan fingerprint density at radius 1 is 1.32 bits per heavy atom. The van der Waals surface area contributed by atoms with Gasteiger partial charge in [-0.05, 0) is 20.8 Å². The van der Waals surface area contributed by atoms with Crippen LogP contribution in [-0.2, 0) is 13.0 Å². The SMILES string of the molecule is Cc1nc2c(c(OC(C)C)n1)CN(CC(F)F)CC2. The number of aryl methyl sites for hydroxylation is 1. The van der Waals surface area contributed by atoms with Crippen molar-refractivity contribution in [2.45, 2.75) is 46.3 Å². The van der Waals surface area contributed by atoms with Crippen molar-refractivity contribution >= 4 is 0 Å². The maximum atomic E-state index is 12.5. The van der Waals surface area contributed by atoms with Crippen LogP contribution >= 0.6 is 0 Å². The van der Waals surface area contributed by atoms with Crippen LogP contribution in [0.2, 0.25) is 0 Å². The van der Waals surface area contributed by atoms with Crippen LogP contribution in [0.4, 0.5) is 8.78 Å². The van der Waals surface area contributed by atoms with Gasteiger partial charge in [-0.3, -0.25) is 4.90 Å². The van der Waals surface area contributed by atoms with Gasteiger partial charge in [0, 0.05) is 25.1 Å². The summed E-state index contributed by atoms with van der Waals surface area (Å²) in [6, 6.07) is 0. The number of nitrogens with zero attached hydrogens (tertiary/aromatic N) is 3. The highest BCUT2D eigenvalue weighted by atomic mass is 19.3. The Morgan fingerprint density at radius 3 is 2.68 bits per heavy atom. The Balaban J connectivity index is 2.25. The number of rotatable bonds is 4. The molecule has 0 N–H and O–H groups in total. The van der Waals surface area contributed by atoms with Crippen molar-refractivity contribution in [2.24, 2.45) is 0 Å². The molecule has 0 spiro atoms. The average molecular weight is 271 g/mol. The smallest absolute Gasteiger partial charge is 0.251 e. The minimum Gasteiger partial charge on any atom is -0.475 e. The van der Waals surface area contributed by atoms with Crippen molar-refractivity contribution < 1.29 is 13.5 Å². The van der Waals surface area contributed by atoms with Gasteiger partial charge in [-0.15, -0.1) is 0 Å². The molecular formula is C13H19F2N3O. The molecule has 4 nitrogen and oxygen atoms in total. The molecule has 6 heteroatoms. The van der Waals surface area contributed by atoms with Crippen LogP contribution in [-0.4, -0.2) is 40.5 Å². The van der Waals surface area contributed by atoms with Gasteiger partial charge in [-0.25, -0.2) is 13.8 Å². The Hall–Kier alpha value is -1.30. The molecule has 0 fully saturated rings. The molecule has 1 aromatic heterocycles. The summed E-state index contributed by atoms with van der Waals surface area (Å²) in [5.41, 5.74) is 1.78. The summed E-state index contributed by atoms with van der Waals surface area (Å²) >= 11 is 0. The molecule has 0 amide bonds. The summed E-state index contributed by atoms with van der Waals surface area (Å²) in [6.45, 7) is 6.48. The number of ether oxygens (including phenoxy) is 1. The van der Waals surface area contributed by atoms with Crippen LogP contribution in [0.25, 0.3) is 0 Å². The van der Waals surface area contributed by atoms with Crippen LogP contribution < -0.4 is 4.74 Å². The summed E-state index contributed by atoms with van der Waals surface area (Å²) in [5.74, 6) is 1.20. The van der Waals surface area contributed by atoms with Gasteiger partial charge in [0.2, 0.25) is 5.88 Å². The minimum atomic E-state index is -2.32. The van der Waals surface area contributed by atoms with Crippen LogP contribution in [0.15, 0.2) is 0 Å². The van der Waals surface area contributed by atoms with E-state index in [1.165, 1.54) is 0 Å². The zero-order chi connectivity index (χ0) is 14.0. The monoisotopic (exact) mass is 271 g/mol. The first-order chi connectivity index (χ1) is 8.95. The standard InChI is InChI=1S/C13H19F2N3O/c1-8(2)19-13-10-6-18(7-12(14)15)5-4-11(10)16-9(3)17-13/h8,12H,4-7H2,1-3H3. The second-order valence-electron chi connectivity index (χ2n) is 5.04. The van der Waals surface area contributed by atoms with Crippen LogP contribution in [0.1, 0.15) is 30.9 Å². The lowest BCUT2D eigenvalue weighted by molar-refractivity contribution is 0.0802. The van der Waals surface area contributed by atoms with E-state index in [0.717, 1.165) is 11.3 Å². The predicted molar refractivity (Wildman–Crippen MR) is 67.5 cm³/mol. The van der Waals surface area contributed by atoms with Gasteiger partial charge in [0.15, 0.2) is 0 Å². The van der Waals surface area contributed by atoms with E-state index in [1.807, 2.05) is 20.8 Å². The van der Waals surface area contributed by atoms with Crippen LogP contribution in [0.3, 0.4) is 0 Å². The Bertz CT molecular complexity index is 452. The summed E-state index contributed by atoms with van der Waals surface area (Å²) in [4.78, 5) is 10.4. The van der Waals surface area contributed by atoms with Crippen molar-refractivity contribution in [3.63, 3.8) is 0 Å². The lowest BCUT2D eigenvalue weighted by Gasteiger charge is -2.29. The molecule has 0 atom stereocenters. The van der Waals surface area contributed by atoms with E-state index in [2.05, 4.69) is 9.97 Å². The van der Waals surface area contributed by atoms with Gasteiger partial charge in [0.05, 0.1) is 18.3 Å². The number of fused-ring (bicyclic) bond motifs is 1. The van der Waals surface area contributed by atoms with Crippen LogP contribution in [0, 0.1) is 6.92 Å². The van der Waals surface area contributed by atoms with E-state index < -0.39 is 6.43 Å². The molecule has 0 aliphatic carbocycles. The quantitative estimate of drug-likeness (QED) is 0.841. The molecule has 0 radical (unpaired) electrons. The van der Waals surface area contributed by atoms with Gasteiger partial charge < -0.3 is 4.74 Å².